The average molecular weight is 372 g/mol. The lowest BCUT2D eigenvalue weighted by Gasteiger charge is -2.42. The molecule has 27 heavy (non-hydrogen) atoms. The van der Waals surface area contributed by atoms with Gasteiger partial charge in [0.2, 0.25) is 5.91 Å². The van der Waals surface area contributed by atoms with E-state index in [1.54, 1.807) is 0 Å². The Morgan fingerprint density at radius 1 is 1.11 bits per heavy atom. The lowest BCUT2D eigenvalue weighted by molar-refractivity contribution is -0.138. The summed E-state index contributed by atoms with van der Waals surface area (Å²) in [6, 6.07) is 11.8. The Morgan fingerprint density at radius 3 is 2.48 bits per heavy atom. The minimum Gasteiger partial charge on any atom is -0.343 e. The van der Waals surface area contributed by atoms with Gasteiger partial charge in [-0.05, 0) is 71.1 Å². The molecule has 3 rings (SSSR count). The van der Waals surface area contributed by atoms with Crippen LogP contribution in [0.5, 0.6) is 0 Å². The fourth-order valence-corrected chi connectivity index (χ4v) is 4.52. The fourth-order valence-electron chi connectivity index (χ4n) is 4.52. The van der Waals surface area contributed by atoms with Crippen molar-refractivity contribution in [3.63, 3.8) is 0 Å². The quantitative estimate of drug-likeness (QED) is 0.768. The average Bonchev–Trinajstić information content (AvgIpc) is 2.72. The maximum atomic E-state index is 12.7. The van der Waals surface area contributed by atoms with Crippen LogP contribution in [0.25, 0.3) is 0 Å². The van der Waals surface area contributed by atoms with Gasteiger partial charge < -0.3 is 9.80 Å². The van der Waals surface area contributed by atoms with Gasteiger partial charge in [-0.2, -0.15) is 0 Å². The molecular formula is C23H37N3O. The van der Waals surface area contributed by atoms with Crippen molar-refractivity contribution >= 4 is 5.91 Å². The lowest BCUT2D eigenvalue weighted by Crippen LogP contribution is -2.51. The highest BCUT2D eigenvalue weighted by atomic mass is 16.2. The van der Waals surface area contributed by atoms with Gasteiger partial charge in [-0.3, -0.25) is 9.69 Å². The van der Waals surface area contributed by atoms with E-state index >= 15 is 0 Å². The Bertz CT molecular complexity index is 581. The van der Waals surface area contributed by atoms with Crippen molar-refractivity contribution in [3.8, 4) is 0 Å². The van der Waals surface area contributed by atoms with Crippen molar-refractivity contribution in [3.05, 3.63) is 35.9 Å². The Labute approximate surface area is 165 Å². The highest BCUT2D eigenvalue weighted by molar-refractivity contribution is 5.79. The van der Waals surface area contributed by atoms with Crippen LogP contribution >= 0.6 is 0 Å². The number of carbonyl (C=O) groups is 1. The topological polar surface area (TPSA) is 26.8 Å². The second-order valence-corrected chi connectivity index (χ2v) is 8.69. The summed E-state index contributed by atoms with van der Waals surface area (Å²) in [6.07, 6.45) is 5.86. The van der Waals surface area contributed by atoms with Crippen LogP contribution in [-0.4, -0.2) is 72.5 Å². The molecule has 2 heterocycles. The summed E-state index contributed by atoms with van der Waals surface area (Å²) >= 11 is 0. The predicted octanol–water partition coefficient (Wildman–Crippen LogP) is 3.27. The van der Waals surface area contributed by atoms with Gasteiger partial charge in [-0.15, -0.1) is 0 Å². The molecular weight excluding hydrogens is 334 g/mol. The first kappa shape index (κ1) is 20.3. The van der Waals surface area contributed by atoms with Crippen molar-refractivity contribution in [2.45, 2.75) is 58.0 Å². The van der Waals surface area contributed by atoms with Gasteiger partial charge in [-0.1, -0.05) is 30.3 Å². The zero-order valence-corrected chi connectivity index (χ0v) is 17.4. The third kappa shape index (κ3) is 5.55. The molecule has 1 atom stereocenters. The van der Waals surface area contributed by atoms with E-state index in [9.17, 15) is 4.79 Å². The Kier molecular flexibility index (Phi) is 7.31. The number of amides is 1. The van der Waals surface area contributed by atoms with Crippen LogP contribution in [0.1, 0.15) is 45.1 Å². The van der Waals surface area contributed by atoms with Gasteiger partial charge in [-0.25, -0.2) is 0 Å². The normalized spacial score (nSPS) is 22.9. The fraction of sp³-hybridized carbons (Fsp3) is 0.696. The summed E-state index contributed by atoms with van der Waals surface area (Å²) in [7, 11) is 1.96. The van der Waals surface area contributed by atoms with Crippen LogP contribution in [0.4, 0.5) is 0 Å². The molecule has 2 aliphatic heterocycles. The van der Waals surface area contributed by atoms with Gasteiger partial charge in [0.1, 0.15) is 0 Å². The number of hydrogen-bond acceptors (Lipinski definition) is 3. The molecule has 1 amide bonds. The second kappa shape index (κ2) is 9.70. The first-order valence-corrected chi connectivity index (χ1v) is 10.8. The van der Waals surface area contributed by atoms with E-state index in [1.807, 2.05) is 11.9 Å². The van der Waals surface area contributed by atoms with E-state index < -0.39 is 0 Å². The van der Waals surface area contributed by atoms with Gasteiger partial charge in [0, 0.05) is 32.2 Å². The molecule has 0 N–H and O–H groups in total. The molecule has 2 aliphatic rings. The molecule has 2 fully saturated rings. The number of rotatable bonds is 6. The minimum absolute atomic E-state index is 0.197. The standard InChI is InChI=1S/C23H37N3O/c1-19(2)24(3)23(27)21-10-7-14-26(18-21)22-12-16-25(17-13-22)15-11-20-8-5-4-6-9-20/h4-6,8-9,19,21-22H,7,10-18H2,1-3H3/t21-/m1/s1. The van der Waals surface area contributed by atoms with E-state index in [2.05, 4.69) is 54.0 Å². The molecule has 150 valence electrons. The monoisotopic (exact) mass is 371 g/mol. The van der Waals surface area contributed by atoms with Crippen molar-refractivity contribution in [1.82, 2.24) is 14.7 Å². The Hall–Kier alpha value is -1.39. The number of piperidine rings is 2. The zero-order chi connectivity index (χ0) is 19.2. The molecule has 0 saturated carbocycles. The third-order valence-corrected chi connectivity index (χ3v) is 6.56. The summed E-state index contributed by atoms with van der Waals surface area (Å²) in [5.74, 6) is 0.539. The van der Waals surface area contributed by atoms with Gasteiger partial charge in [0.05, 0.1) is 5.92 Å². The third-order valence-electron chi connectivity index (χ3n) is 6.56. The van der Waals surface area contributed by atoms with E-state index in [-0.39, 0.29) is 5.92 Å². The summed E-state index contributed by atoms with van der Waals surface area (Å²) in [5.41, 5.74) is 1.44. The highest BCUT2D eigenvalue weighted by Gasteiger charge is 2.33. The predicted molar refractivity (Wildman–Crippen MR) is 112 cm³/mol. The molecule has 0 bridgehead atoms. The molecule has 0 radical (unpaired) electrons. The molecule has 2 saturated heterocycles. The maximum absolute atomic E-state index is 12.7. The summed E-state index contributed by atoms with van der Waals surface area (Å²) in [6.45, 7) is 9.88. The van der Waals surface area contributed by atoms with Crippen LogP contribution in [0, 0.1) is 5.92 Å². The van der Waals surface area contributed by atoms with Crippen LogP contribution in [-0.2, 0) is 11.2 Å². The van der Waals surface area contributed by atoms with Gasteiger partial charge >= 0.3 is 0 Å². The van der Waals surface area contributed by atoms with E-state index in [4.69, 9.17) is 0 Å². The number of benzene rings is 1. The second-order valence-electron chi connectivity index (χ2n) is 8.69. The van der Waals surface area contributed by atoms with Crippen LogP contribution in [0.3, 0.4) is 0 Å². The first-order valence-electron chi connectivity index (χ1n) is 10.8. The van der Waals surface area contributed by atoms with E-state index in [1.165, 1.54) is 38.0 Å². The van der Waals surface area contributed by atoms with Crippen LogP contribution in [0.2, 0.25) is 0 Å². The molecule has 1 aromatic rings. The SMILES string of the molecule is CC(C)N(C)C(=O)[C@@H]1CCCN(C2CCN(CCc3ccccc3)CC2)C1. The number of carbonyl (C=O) groups excluding carboxylic acids is 1. The van der Waals surface area contributed by atoms with Crippen LogP contribution in [0.15, 0.2) is 30.3 Å². The Morgan fingerprint density at radius 2 is 1.81 bits per heavy atom. The highest BCUT2D eigenvalue weighted by Crippen LogP contribution is 2.25. The minimum atomic E-state index is 0.197. The first-order chi connectivity index (χ1) is 13.0. The number of hydrogen-bond donors (Lipinski definition) is 0. The van der Waals surface area contributed by atoms with Gasteiger partial charge in [0.15, 0.2) is 0 Å². The smallest absolute Gasteiger partial charge is 0.226 e. The van der Waals surface area contributed by atoms with Crippen molar-refractivity contribution < 1.29 is 4.79 Å². The zero-order valence-electron chi connectivity index (χ0n) is 17.4. The van der Waals surface area contributed by atoms with Crippen molar-refractivity contribution in [2.24, 2.45) is 5.92 Å². The van der Waals surface area contributed by atoms with Crippen molar-refractivity contribution in [2.75, 3.05) is 39.8 Å². The molecule has 0 aliphatic carbocycles. The van der Waals surface area contributed by atoms with Crippen molar-refractivity contribution in [1.29, 1.82) is 0 Å². The van der Waals surface area contributed by atoms with Gasteiger partial charge in [0.25, 0.3) is 0 Å². The maximum Gasteiger partial charge on any atom is 0.226 e. The Balaban J connectivity index is 1.44. The molecule has 0 aromatic heterocycles. The summed E-state index contributed by atoms with van der Waals surface area (Å²) in [5, 5.41) is 0. The molecule has 4 nitrogen and oxygen atoms in total. The molecule has 0 unspecified atom stereocenters. The lowest BCUT2D eigenvalue weighted by atomic mass is 9.92. The molecule has 1 aromatic carbocycles. The summed E-state index contributed by atoms with van der Waals surface area (Å²) < 4.78 is 0. The largest absolute Gasteiger partial charge is 0.343 e. The molecule has 4 heteroatoms. The summed E-state index contributed by atoms with van der Waals surface area (Å²) in [4.78, 5) is 19.9. The van der Waals surface area contributed by atoms with E-state index in [0.29, 0.717) is 18.0 Å². The number of nitrogens with zero attached hydrogens (tertiary/aromatic N) is 3. The number of likely N-dealkylation sites (tertiary alicyclic amines) is 2. The molecule has 0 spiro atoms. The van der Waals surface area contributed by atoms with E-state index in [0.717, 1.165) is 32.4 Å². The van der Waals surface area contributed by atoms with Crippen LogP contribution < -0.4 is 0 Å².